The van der Waals surface area contributed by atoms with Crippen LogP contribution in [0.1, 0.15) is 31.1 Å². The molecule has 2 nitrogen and oxygen atoms in total. The van der Waals surface area contributed by atoms with E-state index >= 15 is 0 Å². The van der Waals surface area contributed by atoms with E-state index in [9.17, 15) is 4.79 Å². The summed E-state index contributed by atoms with van der Waals surface area (Å²) in [7, 11) is 1.56. The maximum atomic E-state index is 12.0. The van der Waals surface area contributed by atoms with Gasteiger partial charge < -0.3 is 4.74 Å². The first-order chi connectivity index (χ1) is 7.47. The van der Waals surface area contributed by atoms with Crippen LogP contribution in [0.3, 0.4) is 0 Å². The van der Waals surface area contributed by atoms with E-state index in [0.717, 1.165) is 0 Å². The Morgan fingerprint density at radius 1 is 1.31 bits per heavy atom. The molecule has 3 heteroatoms. The molecular formula is C13H17ClO2. The fourth-order valence-electron chi connectivity index (χ4n) is 1.39. The van der Waals surface area contributed by atoms with Gasteiger partial charge in [-0.05, 0) is 24.1 Å². The second-order valence-electron chi connectivity index (χ2n) is 4.25. The fourth-order valence-corrected chi connectivity index (χ4v) is 1.64. The van der Waals surface area contributed by atoms with E-state index in [1.165, 1.54) is 0 Å². The molecule has 0 radical (unpaired) electrons. The molecule has 1 rings (SSSR count). The average molecular weight is 241 g/mol. The lowest BCUT2D eigenvalue weighted by atomic mass is 9.90. The molecule has 1 aromatic rings. The van der Waals surface area contributed by atoms with Crippen molar-refractivity contribution in [2.24, 2.45) is 11.8 Å². The van der Waals surface area contributed by atoms with Gasteiger partial charge in [0.2, 0.25) is 0 Å². The van der Waals surface area contributed by atoms with Crippen molar-refractivity contribution in [2.45, 2.75) is 20.8 Å². The predicted molar refractivity (Wildman–Crippen MR) is 66.3 cm³/mol. The van der Waals surface area contributed by atoms with Gasteiger partial charge in [0.25, 0.3) is 0 Å². The van der Waals surface area contributed by atoms with Crippen LogP contribution in [-0.4, -0.2) is 12.9 Å². The molecule has 0 saturated heterocycles. The molecule has 0 fully saturated rings. The molecule has 0 aliphatic heterocycles. The van der Waals surface area contributed by atoms with Crippen LogP contribution in [0.2, 0.25) is 5.02 Å². The first-order valence-corrected chi connectivity index (χ1v) is 5.73. The molecule has 0 aliphatic rings. The summed E-state index contributed by atoms with van der Waals surface area (Å²) < 4.78 is 5.04. The number of ketones is 1. The second-order valence-corrected chi connectivity index (χ2v) is 4.65. The number of carbonyl (C=O) groups excluding carboxylic acids is 1. The highest BCUT2D eigenvalue weighted by molar-refractivity contribution is 6.32. The Kier molecular flexibility index (Phi) is 4.36. The lowest BCUT2D eigenvalue weighted by Gasteiger charge is -2.14. The number of methoxy groups -OCH3 is 1. The number of rotatable bonds is 4. The average Bonchev–Trinajstić information content (AvgIpc) is 2.26. The zero-order valence-corrected chi connectivity index (χ0v) is 10.8. The van der Waals surface area contributed by atoms with Gasteiger partial charge in [-0.2, -0.15) is 0 Å². The van der Waals surface area contributed by atoms with E-state index in [1.807, 2.05) is 20.8 Å². The van der Waals surface area contributed by atoms with E-state index in [1.54, 1.807) is 25.3 Å². The molecule has 1 aromatic carbocycles. The van der Waals surface area contributed by atoms with Gasteiger partial charge in [0.05, 0.1) is 12.1 Å². The van der Waals surface area contributed by atoms with Crippen molar-refractivity contribution < 1.29 is 9.53 Å². The van der Waals surface area contributed by atoms with Crippen LogP contribution in [0, 0.1) is 11.8 Å². The van der Waals surface area contributed by atoms with Crippen LogP contribution in [0.15, 0.2) is 18.2 Å². The molecule has 88 valence electrons. The first kappa shape index (κ1) is 13.0. The molecule has 0 aliphatic carbocycles. The zero-order chi connectivity index (χ0) is 12.3. The number of halogens is 1. The van der Waals surface area contributed by atoms with Crippen LogP contribution in [-0.2, 0) is 0 Å². The standard InChI is InChI=1S/C13H17ClO2/c1-8(2)9(3)13(15)10-5-6-12(16-4)11(14)7-10/h5-9H,1-4H3. The molecule has 0 amide bonds. The molecule has 16 heavy (non-hydrogen) atoms. The van der Waals surface area contributed by atoms with Crippen LogP contribution >= 0.6 is 11.6 Å². The van der Waals surface area contributed by atoms with E-state index in [-0.39, 0.29) is 11.7 Å². The quantitative estimate of drug-likeness (QED) is 0.748. The Morgan fingerprint density at radius 3 is 2.38 bits per heavy atom. The number of hydrogen-bond acceptors (Lipinski definition) is 2. The molecule has 1 unspecified atom stereocenters. The number of ether oxygens (including phenoxy) is 1. The van der Waals surface area contributed by atoms with Crippen molar-refractivity contribution in [3.8, 4) is 5.75 Å². The number of carbonyl (C=O) groups is 1. The van der Waals surface area contributed by atoms with Crippen molar-refractivity contribution in [3.63, 3.8) is 0 Å². The summed E-state index contributed by atoms with van der Waals surface area (Å²) in [5, 5.41) is 0.476. The van der Waals surface area contributed by atoms with E-state index in [2.05, 4.69) is 0 Å². The fraction of sp³-hybridized carbons (Fsp3) is 0.462. The first-order valence-electron chi connectivity index (χ1n) is 5.35. The van der Waals surface area contributed by atoms with Gasteiger partial charge in [-0.1, -0.05) is 32.4 Å². The SMILES string of the molecule is COc1ccc(C(=O)C(C)C(C)C)cc1Cl. The lowest BCUT2D eigenvalue weighted by molar-refractivity contribution is 0.0899. The Balaban J connectivity index is 2.97. The molecule has 0 heterocycles. The summed E-state index contributed by atoms with van der Waals surface area (Å²) in [6.07, 6.45) is 0. The molecule has 0 saturated carbocycles. The van der Waals surface area contributed by atoms with Gasteiger partial charge in [0, 0.05) is 11.5 Å². The van der Waals surface area contributed by atoms with Crippen LogP contribution < -0.4 is 4.74 Å². The molecule has 1 atom stereocenters. The van der Waals surface area contributed by atoms with Gasteiger partial charge in [-0.25, -0.2) is 0 Å². The van der Waals surface area contributed by atoms with Crippen LogP contribution in [0.25, 0.3) is 0 Å². The number of benzene rings is 1. The largest absolute Gasteiger partial charge is 0.495 e. The van der Waals surface area contributed by atoms with Gasteiger partial charge in [-0.15, -0.1) is 0 Å². The Labute approximate surface area is 102 Å². The Bertz CT molecular complexity index is 386. The number of Topliss-reactive ketones (excluding diaryl/α,β-unsaturated/α-hetero) is 1. The van der Waals surface area contributed by atoms with Gasteiger partial charge in [-0.3, -0.25) is 4.79 Å². The molecular weight excluding hydrogens is 224 g/mol. The minimum atomic E-state index is 0.00413. The van der Waals surface area contributed by atoms with Gasteiger partial charge in [0.1, 0.15) is 5.75 Å². The van der Waals surface area contributed by atoms with Crippen LogP contribution in [0.4, 0.5) is 0 Å². The summed E-state index contributed by atoms with van der Waals surface area (Å²) >= 11 is 5.98. The molecule has 0 aromatic heterocycles. The predicted octanol–water partition coefficient (Wildman–Crippen LogP) is 3.82. The van der Waals surface area contributed by atoms with Crippen molar-refractivity contribution in [3.05, 3.63) is 28.8 Å². The lowest BCUT2D eigenvalue weighted by Crippen LogP contribution is -2.16. The van der Waals surface area contributed by atoms with Crippen molar-refractivity contribution in [2.75, 3.05) is 7.11 Å². The van der Waals surface area contributed by atoms with E-state index in [0.29, 0.717) is 22.3 Å². The topological polar surface area (TPSA) is 26.3 Å². The van der Waals surface area contributed by atoms with Gasteiger partial charge >= 0.3 is 0 Å². The van der Waals surface area contributed by atoms with Crippen molar-refractivity contribution in [1.29, 1.82) is 0 Å². The van der Waals surface area contributed by atoms with E-state index < -0.39 is 0 Å². The maximum absolute atomic E-state index is 12.0. The third-order valence-corrected chi connectivity index (χ3v) is 3.15. The van der Waals surface area contributed by atoms with Crippen molar-refractivity contribution >= 4 is 17.4 Å². The Hall–Kier alpha value is -1.02. The summed E-state index contributed by atoms with van der Waals surface area (Å²) in [5.41, 5.74) is 0.645. The van der Waals surface area contributed by atoms with Crippen molar-refractivity contribution in [1.82, 2.24) is 0 Å². The summed E-state index contributed by atoms with van der Waals surface area (Å²) in [5.74, 6) is 1.05. The monoisotopic (exact) mass is 240 g/mol. The summed E-state index contributed by atoms with van der Waals surface area (Å²) in [6, 6.07) is 5.15. The minimum absolute atomic E-state index is 0.00413. The summed E-state index contributed by atoms with van der Waals surface area (Å²) in [4.78, 5) is 12.0. The van der Waals surface area contributed by atoms with Crippen LogP contribution in [0.5, 0.6) is 5.75 Å². The highest BCUT2D eigenvalue weighted by Gasteiger charge is 2.19. The van der Waals surface area contributed by atoms with Gasteiger partial charge in [0.15, 0.2) is 5.78 Å². The highest BCUT2D eigenvalue weighted by atomic mass is 35.5. The minimum Gasteiger partial charge on any atom is -0.495 e. The third kappa shape index (κ3) is 2.76. The highest BCUT2D eigenvalue weighted by Crippen LogP contribution is 2.27. The Morgan fingerprint density at radius 2 is 1.94 bits per heavy atom. The number of hydrogen-bond donors (Lipinski definition) is 0. The second kappa shape index (κ2) is 5.35. The maximum Gasteiger partial charge on any atom is 0.165 e. The molecule has 0 spiro atoms. The third-order valence-electron chi connectivity index (χ3n) is 2.85. The zero-order valence-electron chi connectivity index (χ0n) is 10.1. The van der Waals surface area contributed by atoms with E-state index in [4.69, 9.17) is 16.3 Å². The molecule has 0 N–H and O–H groups in total. The molecule has 0 bridgehead atoms. The normalized spacial score (nSPS) is 12.6. The summed E-state index contributed by atoms with van der Waals surface area (Å²) in [6.45, 7) is 6.01. The smallest absolute Gasteiger partial charge is 0.165 e.